The summed E-state index contributed by atoms with van der Waals surface area (Å²) in [5, 5.41) is 22.3. The Balaban J connectivity index is 1.92. The van der Waals surface area contributed by atoms with Gasteiger partial charge in [0, 0.05) is 17.5 Å². The molecular formula is C16H18N8OS. The van der Waals surface area contributed by atoms with E-state index in [2.05, 4.69) is 27.1 Å². The van der Waals surface area contributed by atoms with Gasteiger partial charge in [-0.05, 0) is 25.3 Å². The molecule has 10 heteroatoms. The Labute approximate surface area is 153 Å². The van der Waals surface area contributed by atoms with Crippen LogP contribution in [0.4, 0.5) is 5.82 Å². The van der Waals surface area contributed by atoms with E-state index in [0.29, 0.717) is 18.9 Å². The highest BCUT2D eigenvalue weighted by molar-refractivity contribution is 7.12. The van der Waals surface area contributed by atoms with Crippen LogP contribution in [-0.2, 0) is 4.74 Å². The zero-order valence-electron chi connectivity index (χ0n) is 14.2. The van der Waals surface area contributed by atoms with Gasteiger partial charge in [-0.2, -0.15) is 9.78 Å². The Hall–Kier alpha value is -2.85. The number of nitrogens with two attached hydrogens (primary N) is 1. The van der Waals surface area contributed by atoms with Gasteiger partial charge >= 0.3 is 0 Å². The molecule has 9 nitrogen and oxygen atoms in total. The molecule has 3 N–H and O–H groups in total. The minimum absolute atomic E-state index is 0.144. The first-order chi connectivity index (χ1) is 12.7. The van der Waals surface area contributed by atoms with Gasteiger partial charge in [-0.15, -0.1) is 10.2 Å². The van der Waals surface area contributed by atoms with Crippen molar-refractivity contribution >= 4 is 34.0 Å². The Morgan fingerprint density at radius 3 is 3.12 bits per heavy atom. The van der Waals surface area contributed by atoms with Gasteiger partial charge in [0.25, 0.3) is 0 Å². The molecule has 1 aliphatic heterocycles. The largest absolute Gasteiger partial charge is 0.404 e. The van der Waals surface area contributed by atoms with Crippen molar-refractivity contribution in [3.63, 3.8) is 0 Å². The smallest absolute Gasteiger partial charge is 0.167 e. The maximum absolute atomic E-state index is 8.16. The normalized spacial score (nSPS) is 18.0. The average molecular weight is 370 g/mol. The third-order valence-electron chi connectivity index (χ3n) is 4.26. The molecule has 1 saturated heterocycles. The van der Waals surface area contributed by atoms with Gasteiger partial charge in [-0.3, -0.25) is 5.41 Å². The second kappa shape index (κ2) is 6.81. The number of anilines is 1. The lowest BCUT2D eigenvalue weighted by molar-refractivity contribution is 0.0986. The Morgan fingerprint density at radius 2 is 2.38 bits per heavy atom. The van der Waals surface area contributed by atoms with Crippen molar-refractivity contribution in [2.24, 2.45) is 5.73 Å². The minimum Gasteiger partial charge on any atom is -0.404 e. The van der Waals surface area contributed by atoms with Gasteiger partial charge in [-0.25, -0.2) is 4.98 Å². The number of allylic oxidation sites excluding steroid dienone is 1. The summed E-state index contributed by atoms with van der Waals surface area (Å²) < 4.78 is 7.01. The first-order valence-electron chi connectivity index (χ1n) is 8.16. The molecule has 134 valence electrons. The molecule has 3 aromatic heterocycles. The predicted octanol–water partition coefficient (Wildman–Crippen LogP) is 1.47. The van der Waals surface area contributed by atoms with E-state index < -0.39 is 0 Å². The van der Waals surface area contributed by atoms with Crippen molar-refractivity contribution in [3.8, 4) is 10.6 Å². The monoisotopic (exact) mass is 370 g/mol. The summed E-state index contributed by atoms with van der Waals surface area (Å²) >= 11 is 1.46. The highest BCUT2D eigenvalue weighted by Gasteiger charge is 2.24. The zero-order chi connectivity index (χ0) is 18.1. The SMILES string of the molecule is C[C@@H]1COCCN1c1cc(-c2nncs2)c2cnn(C(=N)/C=C\N)c2n1. The number of hydrogen-bond acceptors (Lipinski definition) is 9. The zero-order valence-corrected chi connectivity index (χ0v) is 15.0. The maximum atomic E-state index is 8.16. The summed E-state index contributed by atoms with van der Waals surface area (Å²) in [4.78, 5) is 7.00. The van der Waals surface area contributed by atoms with Crippen LogP contribution in [-0.4, -0.2) is 56.6 Å². The van der Waals surface area contributed by atoms with E-state index in [1.165, 1.54) is 28.3 Å². The quantitative estimate of drug-likeness (QED) is 0.529. The van der Waals surface area contributed by atoms with E-state index in [4.69, 9.17) is 20.9 Å². The van der Waals surface area contributed by atoms with E-state index in [9.17, 15) is 0 Å². The van der Waals surface area contributed by atoms with Gasteiger partial charge < -0.3 is 15.4 Å². The van der Waals surface area contributed by atoms with Crippen LogP contribution in [0.1, 0.15) is 6.92 Å². The van der Waals surface area contributed by atoms with Crippen molar-refractivity contribution in [2.45, 2.75) is 13.0 Å². The lowest BCUT2D eigenvalue weighted by Crippen LogP contribution is -2.44. The summed E-state index contributed by atoms with van der Waals surface area (Å²) in [5.74, 6) is 0.954. The third kappa shape index (κ3) is 2.82. The van der Waals surface area contributed by atoms with E-state index in [-0.39, 0.29) is 11.9 Å². The Morgan fingerprint density at radius 1 is 1.50 bits per heavy atom. The number of aromatic nitrogens is 5. The van der Waals surface area contributed by atoms with Gasteiger partial charge in [0.15, 0.2) is 5.65 Å². The topological polar surface area (TPSA) is 119 Å². The fourth-order valence-corrected chi connectivity index (χ4v) is 3.59. The molecule has 0 radical (unpaired) electrons. The number of nitrogens with zero attached hydrogens (tertiary/aromatic N) is 6. The molecule has 1 aliphatic rings. The van der Waals surface area contributed by atoms with Crippen molar-refractivity contribution in [1.29, 1.82) is 5.41 Å². The molecule has 4 rings (SSSR count). The molecule has 0 saturated carbocycles. The lowest BCUT2D eigenvalue weighted by atomic mass is 10.1. The van der Waals surface area contributed by atoms with Crippen LogP contribution in [0.5, 0.6) is 0 Å². The molecule has 1 fully saturated rings. The number of pyridine rings is 1. The molecule has 1 atom stereocenters. The fraction of sp³-hybridized carbons (Fsp3) is 0.312. The average Bonchev–Trinajstić information content (AvgIpc) is 3.31. The van der Waals surface area contributed by atoms with E-state index in [1.807, 2.05) is 6.07 Å². The van der Waals surface area contributed by atoms with E-state index in [1.54, 1.807) is 11.7 Å². The van der Waals surface area contributed by atoms with Gasteiger partial charge in [-0.1, -0.05) is 11.3 Å². The summed E-state index contributed by atoms with van der Waals surface area (Å²) in [6, 6.07) is 2.22. The molecule has 0 bridgehead atoms. The summed E-state index contributed by atoms with van der Waals surface area (Å²) in [7, 11) is 0. The number of nitrogens with one attached hydrogen (secondary N) is 1. The fourth-order valence-electron chi connectivity index (χ4n) is 3.01. The van der Waals surface area contributed by atoms with Crippen LogP contribution >= 0.6 is 11.3 Å². The molecular weight excluding hydrogens is 352 g/mol. The lowest BCUT2D eigenvalue weighted by Gasteiger charge is -2.34. The molecule has 0 aliphatic carbocycles. The first-order valence-corrected chi connectivity index (χ1v) is 9.04. The van der Waals surface area contributed by atoms with Crippen LogP contribution in [0.2, 0.25) is 0 Å². The first kappa shape index (κ1) is 16.6. The number of fused-ring (bicyclic) bond motifs is 1. The van der Waals surface area contributed by atoms with Gasteiger partial charge in [0.05, 0.1) is 25.5 Å². The third-order valence-corrected chi connectivity index (χ3v) is 4.99. The van der Waals surface area contributed by atoms with Crippen molar-refractivity contribution in [3.05, 3.63) is 30.0 Å². The molecule has 0 unspecified atom stereocenters. The molecule has 0 spiro atoms. The molecule has 0 amide bonds. The molecule has 0 aromatic carbocycles. The maximum Gasteiger partial charge on any atom is 0.167 e. The van der Waals surface area contributed by atoms with Crippen LogP contribution in [0.3, 0.4) is 0 Å². The van der Waals surface area contributed by atoms with Gasteiger partial charge in [0.2, 0.25) is 0 Å². The summed E-state index contributed by atoms with van der Waals surface area (Å²) in [6.07, 6.45) is 4.49. The van der Waals surface area contributed by atoms with E-state index >= 15 is 0 Å². The molecule has 4 heterocycles. The second-order valence-electron chi connectivity index (χ2n) is 5.93. The summed E-state index contributed by atoms with van der Waals surface area (Å²) in [5.41, 5.74) is 8.62. The number of morpholine rings is 1. The predicted molar refractivity (Wildman–Crippen MR) is 101 cm³/mol. The van der Waals surface area contributed by atoms with Crippen LogP contribution in [0.15, 0.2) is 30.0 Å². The number of rotatable bonds is 3. The van der Waals surface area contributed by atoms with Crippen LogP contribution < -0.4 is 10.6 Å². The number of ether oxygens (including phenoxy) is 1. The minimum atomic E-state index is 0.144. The highest BCUT2D eigenvalue weighted by atomic mass is 32.1. The molecule has 3 aromatic rings. The summed E-state index contributed by atoms with van der Waals surface area (Å²) in [6.45, 7) is 4.16. The van der Waals surface area contributed by atoms with Crippen LogP contribution in [0.25, 0.3) is 21.6 Å². The molecule has 26 heavy (non-hydrogen) atoms. The van der Waals surface area contributed by atoms with Gasteiger partial charge in [0.1, 0.15) is 22.2 Å². The highest BCUT2D eigenvalue weighted by Crippen LogP contribution is 2.33. The second-order valence-corrected chi connectivity index (χ2v) is 6.76. The Kier molecular flexibility index (Phi) is 4.35. The van der Waals surface area contributed by atoms with Crippen LogP contribution in [0, 0.1) is 5.41 Å². The van der Waals surface area contributed by atoms with Crippen molar-refractivity contribution < 1.29 is 4.74 Å². The Bertz CT molecular complexity index is 964. The van der Waals surface area contributed by atoms with Crippen molar-refractivity contribution in [2.75, 3.05) is 24.7 Å². The van der Waals surface area contributed by atoms with Crippen molar-refractivity contribution in [1.82, 2.24) is 25.0 Å². The van der Waals surface area contributed by atoms with E-state index in [0.717, 1.165) is 28.3 Å². The number of hydrogen-bond donors (Lipinski definition) is 2. The standard InChI is InChI=1S/C16H18N8OS/c1-10-8-25-5-4-23(10)14-6-11(16-22-19-9-26-16)12-7-20-24(15(12)21-14)13(18)2-3-17/h2-3,6-7,9-10,18H,4-5,8,17H2,1H3/b3-2-,18-13?/t10-/m1/s1.